The Hall–Kier alpha value is 0.230. The summed E-state index contributed by atoms with van der Waals surface area (Å²) in [5.41, 5.74) is 0.202. The van der Waals surface area contributed by atoms with Crippen molar-refractivity contribution in [3.63, 3.8) is 0 Å². The molecule has 0 radical (unpaired) electrons. The standard InChI is InChI=1S/C16H31NO2S/c1-3-8-17-15(5-9-18-2)14-4-10-19-16(13-14)6-11-20-12-7-16/h14-15,17H,3-13H2,1-2H3. The second-order valence-corrected chi connectivity index (χ2v) is 7.46. The van der Waals surface area contributed by atoms with Crippen molar-refractivity contribution in [1.82, 2.24) is 5.32 Å². The Bertz CT molecular complexity index is 256. The molecule has 3 nitrogen and oxygen atoms in total. The molecule has 0 aromatic rings. The minimum Gasteiger partial charge on any atom is -0.385 e. The molecule has 0 aromatic carbocycles. The number of ether oxygens (including phenoxy) is 2. The fourth-order valence-electron chi connectivity index (χ4n) is 3.58. The van der Waals surface area contributed by atoms with E-state index < -0.39 is 0 Å². The van der Waals surface area contributed by atoms with E-state index in [1.807, 2.05) is 0 Å². The monoisotopic (exact) mass is 301 g/mol. The van der Waals surface area contributed by atoms with Gasteiger partial charge in [0.15, 0.2) is 0 Å². The zero-order valence-electron chi connectivity index (χ0n) is 13.2. The van der Waals surface area contributed by atoms with Gasteiger partial charge in [-0.25, -0.2) is 0 Å². The summed E-state index contributed by atoms with van der Waals surface area (Å²) in [7, 11) is 1.81. The highest BCUT2D eigenvalue weighted by Gasteiger charge is 2.40. The Labute approximate surface area is 128 Å². The first kappa shape index (κ1) is 16.6. The lowest BCUT2D eigenvalue weighted by atomic mass is 9.78. The molecule has 2 atom stereocenters. The summed E-state index contributed by atoms with van der Waals surface area (Å²) in [5, 5.41) is 3.76. The summed E-state index contributed by atoms with van der Waals surface area (Å²) in [5.74, 6) is 3.31. The number of rotatable bonds is 7. The molecule has 0 aromatic heterocycles. The molecule has 4 heteroatoms. The Morgan fingerprint density at radius 2 is 2.20 bits per heavy atom. The molecule has 2 aliphatic heterocycles. The molecular formula is C16H31NO2S. The van der Waals surface area contributed by atoms with Gasteiger partial charge in [0.25, 0.3) is 0 Å². The molecule has 2 rings (SSSR count). The van der Waals surface area contributed by atoms with Gasteiger partial charge in [-0.3, -0.25) is 0 Å². The molecule has 2 heterocycles. The van der Waals surface area contributed by atoms with E-state index in [2.05, 4.69) is 24.0 Å². The second kappa shape index (κ2) is 8.62. The van der Waals surface area contributed by atoms with Gasteiger partial charge in [0.2, 0.25) is 0 Å². The van der Waals surface area contributed by atoms with Crippen LogP contribution in [0.2, 0.25) is 0 Å². The van der Waals surface area contributed by atoms with Crippen molar-refractivity contribution in [1.29, 1.82) is 0 Å². The predicted octanol–water partition coefficient (Wildman–Crippen LogP) is 3.08. The first-order chi connectivity index (χ1) is 9.79. The van der Waals surface area contributed by atoms with Crippen LogP contribution in [0.15, 0.2) is 0 Å². The van der Waals surface area contributed by atoms with Gasteiger partial charge in [0, 0.05) is 26.4 Å². The fraction of sp³-hybridized carbons (Fsp3) is 1.00. The molecule has 118 valence electrons. The summed E-state index contributed by atoms with van der Waals surface area (Å²) >= 11 is 2.08. The van der Waals surface area contributed by atoms with Crippen LogP contribution in [0.5, 0.6) is 0 Å². The lowest BCUT2D eigenvalue weighted by molar-refractivity contribution is -0.108. The maximum Gasteiger partial charge on any atom is 0.0701 e. The highest BCUT2D eigenvalue weighted by molar-refractivity contribution is 7.99. The molecule has 1 spiro atoms. The molecule has 2 aliphatic rings. The van der Waals surface area contributed by atoms with Crippen LogP contribution >= 0.6 is 11.8 Å². The van der Waals surface area contributed by atoms with E-state index in [1.54, 1.807) is 7.11 Å². The second-order valence-electron chi connectivity index (χ2n) is 6.24. The number of methoxy groups -OCH3 is 1. The van der Waals surface area contributed by atoms with Crippen LogP contribution in [0.4, 0.5) is 0 Å². The molecule has 0 saturated carbocycles. The molecule has 0 aliphatic carbocycles. The van der Waals surface area contributed by atoms with Gasteiger partial charge in [-0.1, -0.05) is 6.92 Å². The van der Waals surface area contributed by atoms with Crippen molar-refractivity contribution in [2.45, 2.75) is 57.1 Å². The maximum absolute atomic E-state index is 6.22. The Morgan fingerprint density at radius 1 is 1.40 bits per heavy atom. The molecule has 2 fully saturated rings. The SMILES string of the molecule is CCCNC(CCOC)C1CCOC2(CCSCC2)C1. The average Bonchev–Trinajstić information content (AvgIpc) is 2.48. The van der Waals surface area contributed by atoms with Crippen LogP contribution in [-0.4, -0.2) is 50.0 Å². The Morgan fingerprint density at radius 3 is 2.90 bits per heavy atom. The molecule has 0 bridgehead atoms. The van der Waals surface area contributed by atoms with Crippen LogP contribution in [0.3, 0.4) is 0 Å². The largest absolute Gasteiger partial charge is 0.385 e. The van der Waals surface area contributed by atoms with Crippen LogP contribution in [0.1, 0.15) is 45.4 Å². The van der Waals surface area contributed by atoms with Gasteiger partial charge in [-0.2, -0.15) is 11.8 Å². The Balaban J connectivity index is 1.92. The van der Waals surface area contributed by atoms with Crippen molar-refractivity contribution in [3.05, 3.63) is 0 Å². The van der Waals surface area contributed by atoms with Crippen LogP contribution in [0.25, 0.3) is 0 Å². The third kappa shape index (κ3) is 4.62. The molecular weight excluding hydrogens is 270 g/mol. The van der Waals surface area contributed by atoms with E-state index in [1.165, 1.54) is 43.6 Å². The smallest absolute Gasteiger partial charge is 0.0701 e. The number of hydrogen-bond acceptors (Lipinski definition) is 4. The van der Waals surface area contributed by atoms with Gasteiger partial charge in [-0.05, 0) is 62.5 Å². The van der Waals surface area contributed by atoms with Crippen LogP contribution in [0, 0.1) is 5.92 Å². The first-order valence-electron chi connectivity index (χ1n) is 8.24. The minimum atomic E-state index is 0.202. The van der Waals surface area contributed by atoms with Crippen molar-refractivity contribution in [3.8, 4) is 0 Å². The molecule has 20 heavy (non-hydrogen) atoms. The Kier molecular flexibility index (Phi) is 7.15. The highest BCUT2D eigenvalue weighted by Crippen LogP contribution is 2.41. The quantitative estimate of drug-likeness (QED) is 0.783. The lowest BCUT2D eigenvalue weighted by Gasteiger charge is -2.45. The maximum atomic E-state index is 6.22. The zero-order chi connectivity index (χ0) is 14.3. The number of thioether (sulfide) groups is 1. The lowest BCUT2D eigenvalue weighted by Crippen LogP contribution is -2.48. The van der Waals surface area contributed by atoms with E-state index in [-0.39, 0.29) is 5.60 Å². The average molecular weight is 301 g/mol. The van der Waals surface area contributed by atoms with E-state index in [0.29, 0.717) is 6.04 Å². The van der Waals surface area contributed by atoms with Gasteiger partial charge >= 0.3 is 0 Å². The topological polar surface area (TPSA) is 30.5 Å². The van der Waals surface area contributed by atoms with E-state index >= 15 is 0 Å². The minimum absolute atomic E-state index is 0.202. The van der Waals surface area contributed by atoms with E-state index in [9.17, 15) is 0 Å². The first-order valence-corrected chi connectivity index (χ1v) is 9.39. The van der Waals surface area contributed by atoms with Gasteiger partial charge < -0.3 is 14.8 Å². The molecule has 1 N–H and O–H groups in total. The molecule has 0 amide bonds. The normalized spacial score (nSPS) is 27.6. The molecule has 2 saturated heterocycles. The predicted molar refractivity (Wildman–Crippen MR) is 86.5 cm³/mol. The molecule has 2 unspecified atom stereocenters. The third-order valence-corrected chi connectivity index (χ3v) is 5.78. The third-order valence-electron chi connectivity index (χ3n) is 4.79. The summed E-state index contributed by atoms with van der Waals surface area (Å²) in [4.78, 5) is 0. The van der Waals surface area contributed by atoms with Gasteiger partial charge in [0.1, 0.15) is 0 Å². The number of nitrogens with one attached hydrogen (secondary N) is 1. The van der Waals surface area contributed by atoms with E-state index in [4.69, 9.17) is 9.47 Å². The van der Waals surface area contributed by atoms with Crippen molar-refractivity contribution in [2.75, 3.05) is 38.4 Å². The highest BCUT2D eigenvalue weighted by atomic mass is 32.2. The van der Waals surface area contributed by atoms with Crippen molar-refractivity contribution in [2.24, 2.45) is 5.92 Å². The summed E-state index contributed by atoms with van der Waals surface area (Å²) in [6.07, 6.45) is 7.29. The van der Waals surface area contributed by atoms with Gasteiger partial charge in [0.05, 0.1) is 5.60 Å². The van der Waals surface area contributed by atoms with Crippen molar-refractivity contribution >= 4 is 11.8 Å². The fourth-order valence-corrected chi connectivity index (χ4v) is 4.82. The van der Waals surface area contributed by atoms with Crippen molar-refractivity contribution < 1.29 is 9.47 Å². The van der Waals surface area contributed by atoms with E-state index in [0.717, 1.165) is 32.1 Å². The zero-order valence-corrected chi connectivity index (χ0v) is 14.0. The number of hydrogen-bond donors (Lipinski definition) is 1. The summed E-state index contributed by atoms with van der Waals surface area (Å²) in [6, 6.07) is 0.602. The summed E-state index contributed by atoms with van der Waals surface area (Å²) in [6.45, 7) is 5.17. The van der Waals surface area contributed by atoms with Gasteiger partial charge in [-0.15, -0.1) is 0 Å². The summed E-state index contributed by atoms with van der Waals surface area (Å²) < 4.78 is 11.5. The van der Waals surface area contributed by atoms with Crippen LogP contribution < -0.4 is 5.32 Å². The van der Waals surface area contributed by atoms with Crippen LogP contribution in [-0.2, 0) is 9.47 Å².